The highest BCUT2D eigenvalue weighted by Crippen LogP contribution is 2.30. The zero-order valence-corrected chi connectivity index (χ0v) is 21.0. The summed E-state index contributed by atoms with van der Waals surface area (Å²) >= 11 is 3.36. The zero-order chi connectivity index (χ0) is 20.1. The number of aliphatic hydroxyl groups excluding tert-OH is 1. The van der Waals surface area contributed by atoms with Crippen LogP contribution in [0.5, 0.6) is 0 Å². The first kappa shape index (κ1) is 27.1. The molecule has 0 spiro atoms. The first-order valence-electron chi connectivity index (χ1n) is 9.67. The molecule has 0 radical (unpaired) electrons. The summed E-state index contributed by atoms with van der Waals surface area (Å²) in [7, 11) is 0. The fraction of sp³-hybridized carbons (Fsp3) is 0.600. The van der Waals surface area contributed by atoms with Crippen LogP contribution >= 0.6 is 39.9 Å². The summed E-state index contributed by atoms with van der Waals surface area (Å²) in [6, 6.07) is 7.27. The van der Waals surface area contributed by atoms with E-state index < -0.39 is 0 Å². The number of halogens is 2. The van der Waals surface area contributed by atoms with Crippen LogP contribution in [0.1, 0.15) is 50.4 Å². The van der Waals surface area contributed by atoms with Crippen LogP contribution in [0.4, 0.5) is 0 Å². The Hall–Kier alpha value is -0.870. The smallest absolute Gasteiger partial charge is 0.251 e. The van der Waals surface area contributed by atoms with Crippen molar-refractivity contribution in [2.24, 2.45) is 10.4 Å². The molecule has 0 aliphatic rings. The normalized spacial score (nSPS) is 11.5. The Morgan fingerprint density at radius 3 is 2.21 bits per heavy atom. The Morgan fingerprint density at radius 2 is 1.68 bits per heavy atom. The van der Waals surface area contributed by atoms with E-state index in [1.807, 2.05) is 19.1 Å². The predicted molar refractivity (Wildman–Crippen MR) is 131 cm³/mol. The van der Waals surface area contributed by atoms with Crippen LogP contribution in [-0.4, -0.2) is 49.8 Å². The van der Waals surface area contributed by atoms with E-state index in [-0.39, 0.29) is 41.9 Å². The molecule has 1 aromatic rings. The molecule has 0 saturated heterocycles. The van der Waals surface area contributed by atoms with Gasteiger partial charge in [0, 0.05) is 42.8 Å². The quantitative estimate of drug-likeness (QED) is 0.142. The maximum Gasteiger partial charge on any atom is 0.251 e. The van der Waals surface area contributed by atoms with Crippen molar-refractivity contribution < 1.29 is 9.90 Å². The summed E-state index contributed by atoms with van der Waals surface area (Å²) < 4.78 is 0.948. The third kappa shape index (κ3) is 9.56. The fourth-order valence-corrected chi connectivity index (χ4v) is 3.06. The van der Waals surface area contributed by atoms with Gasteiger partial charge >= 0.3 is 0 Å². The molecule has 0 saturated carbocycles. The van der Waals surface area contributed by atoms with E-state index in [2.05, 4.69) is 45.7 Å². The van der Waals surface area contributed by atoms with Crippen LogP contribution in [0.25, 0.3) is 0 Å². The van der Waals surface area contributed by atoms with Crippen molar-refractivity contribution in [2.75, 3.05) is 32.8 Å². The van der Waals surface area contributed by atoms with Gasteiger partial charge in [-0.1, -0.05) is 29.8 Å². The Morgan fingerprint density at radius 1 is 1.07 bits per heavy atom. The molecule has 0 fully saturated rings. The number of rotatable bonds is 11. The number of carbonyl (C=O) groups is 1. The number of carbonyl (C=O) groups excluding carboxylic acids is 1. The number of guanidine groups is 1. The fourth-order valence-electron chi connectivity index (χ4n) is 2.79. The lowest BCUT2D eigenvalue weighted by Gasteiger charge is -2.29. The monoisotopic (exact) mass is 568 g/mol. The first-order valence-corrected chi connectivity index (χ1v) is 10.5. The molecule has 0 aliphatic heterocycles. The number of hydrogen-bond acceptors (Lipinski definition) is 3. The highest BCUT2D eigenvalue weighted by Gasteiger charge is 2.25. The molecule has 1 aromatic carbocycles. The van der Waals surface area contributed by atoms with Crippen LogP contribution in [0.3, 0.4) is 0 Å². The summed E-state index contributed by atoms with van der Waals surface area (Å²) in [5, 5.41) is 18.7. The SMILES string of the molecule is CCNC(=NCC(CC)(CC)CCO)NCCNC(=O)c1ccc(Br)cc1.I. The summed E-state index contributed by atoms with van der Waals surface area (Å²) in [5.41, 5.74) is 0.672. The molecule has 28 heavy (non-hydrogen) atoms. The predicted octanol–water partition coefficient (Wildman–Crippen LogP) is 3.54. The third-order valence-electron chi connectivity index (χ3n) is 4.87. The Kier molecular flexibility index (Phi) is 14.6. The molecule has 8 heteroatoms. The first-order chi connectivity index (χ1) is 13.0. The average Bonchev–Trinajstić information content (AvgIpc) is 2.68. The molecule has 160 valence electrons. The maximum atomic E-state index is 12.1. The van der Waals surface area contributed by atoms with Crippen LogP contribution in [0, 0.1) is 5.41 Å². The van der Waals surface area contributed by atoms with Gasteiger partial charge in [-0.15, -0.1) is 24.0 Å². The number of amides is 1. The van der Waals surface area contributed by atoms with Gasteiger partial charge in [-0.2, -0.15) is 0 Å². The molecule has 0 aromatic heterocycles. The van der Waals surface area contributed by atoms with Gasteiger partial charge in [-0.3, -0.25) is 9.79 Å². The van der Waals surface area contributed by atoms with Crippen LogP contribution in [0.2, 0.25) is 0 Å². The second-order valence-electron chi connectivity index (χ2n) is 6.57. The third-order valence-corrected chi connectivity index (χ3v) is 5.40. The standard InChI is InChI=1S/C20H33BrN4O2.HI/c1-4-20(5-2,11-14-26)15-25-19(22-6-3)24-13-12-23-18(27)16-7-9-17(21)10-8-16;/h7-10,26H,4-6,11-15H2,1-3H3,(H,23,27)(H2,22,24,25);1H. The molecular formula is C20H34BrIN4O2. The largest absolute Gasteiger partial charge is 0.396 e. The van der Waals surface area contributed by atoms with Gasteiger partial charge in [0.15, 0.2) is 5.96 Å². The van der Waals surface area contributed by atoms with E-state index in [0.29, 0.717) is 25.2 Å². The minimum atomic E-state index is -0.0924. The van der Waals surface area contributed by atoms with Crippen molar-refractivity contribution >= 4 is 51.8 Å². The number of aliphatic imine (C=N–C) groups is 1. The highest BCUT2D eigenvalue weighted by molar-refractivity contribution is 14.0. The molecule has 0 atom stereocenters. The van der Waals surface area contributed by atoms with Crippen molar-refractivity contribution in [1.82, 2.24) is 16.0 Å². The number of hydrogen-bond donors (Lipinski definition) is 4. The van der Waals surface area contributed by atoms with Crippen molar-refractivity contribution in [1.29, 1.82) is 0 Å². The second kappa shape index (κ2) is 15.0. The lowest BCUT2D eigenvalue weighted by atomic mass is 9.79. The van der Waals surface area contributed by atoms with Crippen molar-refractivity contribution in [3.8, 4) is 0 Å². The number of nitrogens with zero attached hydrogens (tertiary/aromatic N) is 1. The van der Waals surface area contributed by atoms with Gasteiger partial charge in [0.25, 0.3) is 5.91 Å². The van der Waals surface area contributed by atoms with E-state index in [0.717, 1.165) is 36.2 Å². The van der Waals surface area contributed by atoms with Gasteiger partial charge < -0.3 is 21.1 Å². The minimum absolute atomic E-state index is 0. The van der Waals surface area contributed by atoms with Crippen LogP contribution in [-0.2, 0) is 0 Å². The Balaban J connectivity index is 0.00000729. The lowest BCUT2D eigenvalue weighted by Crippen LogP contribution is -2.42. The second-order valence-corrected chi connectivity index (χ2v) is 7.48. The number of aliphatic hydroxyl groups is 1. The maximum absolute atomic E-state index is 12.1. The van der Waals surface area contributed by atoms with E-state index >= 15 is 0 Å². The number of benzene rings is 1. The van der Waals surface area contributed by atoms with Gasteiger partial charge in [0.2, 0.25) is 0 Å². The molecule has 0 aliphatic carbocycles. The van der Waals surface area contributed by atoms with Gasteiger partial charge in [-0.25, -0.2) is 0 Å². The summed E-state index contributed by atoms with van der Waals surface area (Å²) in [6.45, 7) is 9.02. The van der Waals surface area contributed by atoms with Crippen molar-refractivity contribution in [3.05, 3.63) is 34.3 Å². The number of nitrogens with one attached hydrogen (secondary N) is 3. The van der Waals surface area contributed by atoms with E-state index in [1.54, 1.807) is 12.1 Å². The Labute approximate surface area is 194 Å². The average molecular weight is 569 g/mol. The lowest BCUT2D eigenvalue weighted by molar-refractivity contribution is 0.0954. The van der Waals surface area contributed by atoms with E-state index in [4.69, 9.17) is 4.99 Å². The molecule has 6 nitrogen and oxygen atoms in total. The minimum Gasteiger partial charge on any atom is -0.396 e. The van der Waals surface area contributed by atoms with Crippen LogP contribution in [0.15, 0.2) is 33.7 Å². The molecule has 1 rings (SSSR count). The van der Waals surface area contributed by atoms with Gasteiger partial charge in [0.05, 0.1) is 0 Å². The molecule has 0 heterocycles. The molecule has 0 bridgehead atoms. The highest BCUT2D eigenvalue weighted by atomic mass is 127. The van der Waals surface area contributed by atoms with Crippen LogP contribution < -0.4 is 16.0 Å². The van der Waals surface area contributed by atoms with Gasteiger partial charge in [0.1, 0.15) is 0 Å². The van der Waals surface area contributed by atoms with Crippen molar-refractivity contribution in [2.45, 2.75) is 40.0 Å². The summed E-state index contributed by atoms with van der Waals surface area (Å²) in [5.74, 6) is 0.643. The summed E-state index contributed by atoms with van der Waals surface area (Å²) in [6.07, 6.45) is 2.72. The van der Waals surface area contributed by atoms with E-state index in [1.165, 1.54) is 0 Å². The van der Waals surface area contributed by atoms with Crippen molar-refractivity contribution in [3.63, 3.8) is 0 Å². The van der Waals surface area contributed by atoms with Gasteiger partial charge in [-0.05, 0) is 55.9 Å². The van der Waals surface area contributed by atoms with E-state index in [9.17, 15) is 9.90 Å². The topological polar surface area (TPSA) is 85.8 Å². The molecule has 0 unspecified atom stereocenters. The molecular weight excluding hydrogens is 535 g/mol. The zero-order valence-electron chi connectivity index (χ0n) is 17.1. The molecule has 1 amide bonds. The molecule has 4 N–H and O–H groups in total. The Bertz CT molecular complexity index is 592. The summed E-state index contributed by atoms with van der Waals surface area (Å²) in [4.78, 5) is 16.8.